The van der Waals surface area contributed by atoms with Crippen LogP contribution in [0.1, 0.15) is 39.0 Å². The topological polar surface area (TPSA) is 38.1 Å². The number of halogens is 3. The number of carbonyl (C=O) groups excluding carboxylic acids is 1. The number of hydrogen-bond donors (Lipinski definition) is 0. The maximum absolute atomic E-state index is 13.2. The summed E-state index contributed by atoms with van der Waals surface area (Å²) in [6.07, 6.45) is 2.46. The largest absolute Gasteiger partial charge is 0.406 e. The number of alkyl halides is 3. The van der Waals surface area contributed by atoms with Gasteiger partial charge in [-0.3, -0.25) is 4.79 Å². The molecule has 1 aromatic carbocycles. The molecule has 1 heterocycles. The summed E-state index contributed by atoms with van der Waals surface area (Å²) in [4.78, 5) is 18.9. The van der Waals surface area contributed by atoms with Crippen LogP contribution in [0.4, 0.5) is 13.2 Å². The second-order valence-electron chi connectivity index (χ2n) is 7.49. The zero-order valence-corrected chi connectivity index (χ0v) is 17.5. The van der Waals surface area contributed by atoms with Crippen LogP contribution < -0.4 is 0 Å². The van der Waals surface area contributed by atoms with Crippen LogP contribution in [-0.4, -0.2) is 44.9 Å². The molecule has 0 N–H and O–H groups in total. The van der Waals surface area contributed by atoms with Crippen molar-refractivity contribution in [2.45, 2.75) is 68.2 Å². The molecule has 1 atom stereocenters. The molecule has 2 aromatic rings. The van der Waals surface area contributed by atoms with E-state index >= 15 is 0 Å². The molecule has 4 nitrogen and oxygen atoms in total. The Morgan fingerprint density at radius 3 is 2.52 bits per heavy atom. The van der Waals surface area contributed by atoms with Crippen LogP contribution in [0.2, 0.25) is 0 Å². The van der Waals surface area contributed by atoms with E-state index in [-0.39, 0.29) is 17.1 Å². The van der Waals surface area contributed by atoms with Crippen molar-refractivity contribution in [3.05, 3.63) is 36.5 Å². The molecule has 1 fully saturated rings. The van der Waals surface area contributed by atoms with E-state index in [9.17, 15) is 18.0 Å². The van der Waals surface area contributed by atoms with Crippen LogP contribution in [0.3, 0.4) is 0 Å². The first kappa shape index (κ1) is 21.7. The van der Waals surface area contributed by atoms with Gasteiger partial charge in [0.25, 0.3) is 0 Å². The van der Waals surface area contributed by atoms with Gasteiger partial charge in [-0.25, -0.2) is 4.98 Å². The number of imidazole rings is 1. The summed E-state index contributed by atoms with van der Waals surface area (Å²) in [7, 11) is 1.80. The van der Waals surface area contributed by atoms with Gasteiger partial charge < -0.3 is 9.47 Å². The molecule has 1 aliphatic carbocycles. The third-order valence-corrected chi connectivity index (χ3v) is 6.42. The molecule has 1 aromatic heterocycles. The molecule has 1 saturated carbocycles. The van der Waals surface area contributed by atoms with Crippen molar-refractivity contribution >= 4 is 17.7 Å². The Labute approximate surface area is 173 Å². The minimum atomic E-state index is -4.38. The summed E-state index contributed by atoms with van der Waals surface area (Å²) in [5.74, 6) is -0.0651. The smallest absolute Gasteiger partial charge is 0.342 e. The van der Waals surface area contributed by atoms with Crippen molar-refractivity contribution in [2.75, 3.05) is 7.05 Å². The average molecular weight is 426 g/mol. The summed E-state index contributed by atoms with van der Waals surface area (Å²) in [6, 6.07) is 9.09. The van der Waals surface area contributed by atoms with Gasteiger partial charge in [-0.15, -0.1) is 0 Å². The molecule has 0 radical (unpaired) electrons. The molecule has 1 aliphatic rings. The predicted octanol–water partition coefficient (Wildman–Crippen LogP) is 5.38. The molecular weight excluding hydrogens is 399 g/mol. The van der Waals surface area contributed by atoms with Gasteiger partial charge in [-0.05, 0) is 25.3 Å². The first-order chi connectivity index (χ1) is 13.8. The number of hydrogen-bond acceptors (Lipinski definition) is 3. The SMILES string of the molecule is CC(Sc1ncc(-c2ccccc2)n1CC(F)(F)F)C(=O)N(C)C1CCCCC1. The Bertz CT molecular complexity index is 816. The highest BCUT2D eigenvalue weighted by Gasteiger charge is 2.32. The summed E-state index contributed by atoms with van der Waals surface area (Å²) >= 11 is 1.09. The van der Waals surface area contributed by atoms with Crippen LogP contribution in [0.5, 0.6) is 0 Å². The average Bonchev–Trinajstić information content (AvgIpc) is 3.08. The van der Waals surface area contributed by atoms with E-state index in [1.165, 1.54) is 12.6 Å². The third-order valence-electron chi connectivity index (χ3n) is 5.33. The van der Waals surface area contributed by atoms with Crippen molar-refractivity contribution in [1.82, 2.24) is 14.5 Å². The highest BCUT2D eigenvalue weighted by Crippen LogP contribution is 2.33. The number of aromatic nitrogens is 2. The lowest BCUT2D eigenvalue weighted by atomic mass is 9.94. The van der Waals surface area contributed by atoms with Crippen LogP contribution >= 0.6 is 11.8 Å². The minimum absolute atomic E-state index is 0.0651. The van der Waals surface area contributed by atoms with Crippen LogP contribution in [0, 0.1) is 0 Å². The molecule has 29 heavy (non-hydrogen) atoms. The standard InChI is InChI=1S/C21H26F3N3OS/c1-15(19(28)26(2)17-11-7-4-8-12-17)29-20-25-13-18(16-9-5-3-6-10-16)27(20)14-21(22,23)24/h3,5-6,9-10,13,15,17H,4,7-8,11-12,14H2,1-2H3. The molecule has 0 bridgehead atoms. The zero-order chi connectivity index (χ0) is 21.0. The molecular formula is C21H26F3N3OS. The highest BCUT2D eigenvalue weighted by atomic mass is 32.2. The van der Waals surface area contributed by atoms with E-state index in [0.29, 0.717) is 11.3 Å². The number of amides is 1. The molecule has 1 amide bonds. The van der Waals surface area contributed by atoms with E-state index in [4.69, 9.17) is 0 Å². The fraction of sp³-hybridized carbons (Fsp3) is 0.524. The molecule has 158 valence electrons. The number of rotatable bonds is 6. The molecule has 0 saturated heterocycles. The number of carbonyl (C=O) groups is 1. The predicted molar refractivity (Wildman–Crippen MR) is 109 cm³/mol. The first-order valence-corrected chi connectivity index (χ1v) is 10.8. The molecule has 1 unspecified atom stereocenters. The summed E-state index contributed by atoms with van der Waals surface area (Å²) in [5, 5.41) is -0.306. The zero-order valence-electron chi connectivity index (χ0n) is 16.7. The second-order valence-corrected chi connectivity index (χ2v) is 8.80. The summed E-state index contributed by atoms with van der Waals surface area (Å²) in [6.45, 7) is 0.597. The van der Waals surface area contributed by atoms with Gasteiger partial charge in [0.1, 0.15) is 6.54 Å². The van der Waals surface area contributed by atoms with Crippen molar-refractivity contribution in [3.63, 3.8) is 0 Å². The van der Waals surface area contributed by atoms with Gasteiger partial charge in [0.2, 0.25) is 5.91 Å². The Morgan fingerprint density at radius 1 is 1.24 bits per heavy atom. The van der Waals surface area contributed by atoms with Gasteiger partial charge in [-0.1, -0.05) is 61.4 Å². The lowest BCUT2D eigenvalue weighted by molar-refractivity contribution is -0.141. The monoisotopic (exact) mass is 425 g/mol. The van der Waals surface area contributed by atoms with Crippen molar-refractivity contribution in [1.29, 1.82) is 0 Å². The normalized spacial score (nSPS) is 16.6. The fourth-order valence-electron chi connectivity index (χ4n) is 3.77. The molecule has 0 aliphatic heterocycles. The van der Waals surface area contributed by atoms with E-state index in [2.05, 4.69) is 4.98 Å². The van der Waals surface area contributed by atoms with E-state index < -0.39 is 18.0 Å². The van der Waals surface area contributed by atoms with Crippen molar-refractivity contribution in [2.24, 2.45) is 0 Å². The summed E-state index contributed by atoms with van der Waals surface area (Å²) < 4.78 is 40.8. The van der Waals surface area contributed by atoms with Crippen molar-refractivity contribution < 1.29 is 18.0 Å². The quantitative estimate of drug-likeness (QED) is 0.583. The van der Waals surface area contributed by atoms with E-state index in [1.807, 2.05) is 6.07 Å². The third kappa shape index (κ3) is 5.56. The minimum Gasteiger partial charge on any atom is -0.342 e. The Hall–Kier alpha value is -1.96. The van der Waals surface area contributed by atoms with Gasteiger partial charge in [0.05, 0.1) is 17.1 Å². The highest BCUT2D eigenvalue weighted by molar-refractivity contribution is 8.00. The van der Waals surface area contributed by atoms with Gasteiger partial charge in [0, 0.05) is 13.1 Å². The molecule has 3 rings (SSSR count). The lowest BCUT2D eigenvalue weighted by Gasteiger charge is -2.32. The Balaban J connectivity index is 1.80. The fourth-order valence-corrected chi connectivity index (χ4v) is 4.75. The number of benzene rings is 1. The van der Waals surface area contributed by atoms with Crippen LogP contribution in [-0.2, 0) is 11.3 Å². The Morgan fingerprint density at radius 2 is 1.90 bits per heavy atom. The van der Waals surface area contributed by atoms with Gasteiger partial charge >= 0.3 is 6.18 Å². The first-order valence-electron chi connectivity index (χ1n) is 9.87. The second kappa shape index (κ2) is 9.24. The van der Waals surface area contributed by atoms with E-state index in [0.717, 1.165) is 42.0 Å². The number of nitrogens with zero attached hydrogens (tertiary/aromatic N) is 3. The maximum atomic E-state index is 13.2. The van der Waals surface area contributed by atoms with Gasteiger partial charge in [0.15, 0.2) is 5.16 Å². The van der Waals surface area contributed by atoms with Crippen LogP contribution in [0.15, 0.2) is 41.7 Å². The lowest BCUT2D eigenvalue weighted by Crippen LogP contribution is -2.42. The molecule has 0 spiro atoms. The van der Waals surface area contributed by atoms with Crippen LogP contribution in [0.25, 0.3) is 11.3 Å². The van der Waals surface area contributed by atoms with Gasteiger partial charge in [-0.2, -0.15) is 13.2 Å². The maximum Gasteiger partial charge on any atom is 0.406 e. The number of thioether (sulfide) groups is 1. The molecule has 8 heteroatoms. The van der Waals surface area contributed by atoms with E-state index in [1.54, 1.807) is 43.1 Å². The van der Waals surface area contributed by atoms with Crippen molar-refractivity contribution in [3.8, 4) is 11.3 Å². The Kier molecular flexibility index (Phi) is 6.93. The summed E-state index contributed by atoms with van der Waals surface area (Å²) in [5.41, 5.74) is 1.06.